The van der Waals surface area contributed by atoms with Crippen LogP contribution in [-0.2, 0) is 17.8 Å². The highest BCUT2D eigenvalue weighted by Crippen LogP contribution is 2.23. The molecule has 1 N–H and O–H groups in total. The van der Waals surface area contributed by atoms with Crippen molar-refractivity contribution in [1.82, 2.24) is 25.1 Å². The zero-order chi connectivity index (χ0) is 20.4. The number of amides is 3. The van der Waals surface area contributed by atoms with Gasteiger partial charge in [-0.25, -0.2) is 14.8 Å². The van der Waals surface area contributed by atoms with Crippen LogP contribution in [0.1, 0.15) is 29.5 Å². The second-order valence-corrected chi connectivity index (χ2v) is 8.28. The Morgan fingerprint density at radius 2 is 2.00 bits per heavy atom. The molecule has 0 saturated carbocycles. The van der Waals surface area contributed by atoms with E-state index in [1.807, 2.05) is 24.1 Å². The molecule has 0 atom stereocenters. The molecular formula is C19H26N6O3S. The summed E-state index contributed by atoms with van der Waals surface area (Å²) in [4.78, 5) is 39.3. The number of aryl methyl sites for hydroxylation is 2. The van der Waals surface area contributed by atoms with Crippen LogP contribution in [0.3, 0.4) is 0 Å². The number of nitrogens with one attached hydrogen (secondary N) is 1. The lowest BCUT2D eigenvalue weighted by Gasteiger charge is -2.34. The molecule has 29 heavy (non-hydrogen) atoms. The number of carbonyl (C=O) groups excluding carboxylic acids is 2. The molecule has 0 aromatic carbocycles. The Hall–Kier alpha value is -2.46. The molecule has 4 heterocycles. The highest BCUT2D eigenvalue weighted by atomic mass is 32.1. The third-order valence-corrected chi connectivity index (χ3v) is 6.25. The summed E-state index contributed by atoms with van der Waals surface area (Å²) in [6, 6.07) is -0.115. The predicted molar refractivity (Wildman–Crippen MR) is 109 cm³/mol. The number of oxazole rings is 1. The van der Waals surface area contributed by atoms with E-state index in [9.17, 15) is 9.59 Å². The van der Waals surface area contributed by atoms with E-state index in [1.54, 1.807) is 4.90 Å². The van der Waals surface area contributed by atoms with E-state index in [0.717, 1.165) is 42.5 Å². The molecule has 10 heteroatoms. The first-order valence-electron chi connectivity index (χ1n) is 9.92. The summed E-state index contributed by atoms with van der Waals surface area (Å²) in [5.74, 6) is 1.67. The van der Waals surface area contributed by atoms with Crippen molar-refractivity contribution in [2.75, 3.05) is 44.2 Å². The van der Waals surface area contributed by atoms with Gasteiger partial charge in [-0.05, 0) is 20.3 Å². The number of aromatic nitrogens is 2. The lowest BCUT2D eigenvalue weighted by atomic mass is 10.2. The average Bonchev–Trinajstić information content (AvgIpc) is 3.29. The fraction of sp³-hybridized carbons (Fsp3) is 0.579. The molecule has 2 saturated heterocycles. The van der Waals surface area contributed by atoms with Crippen molar-refractivity contribution in [1.29, 1.82) is 0 Å². The normalized spacial score (nSPS) is 18.2. The SMILES string of the molecule is Cc1nc(CN2CCN(C(=O)Cc3csc(N4CCCNC4=O)n3)CC2)oc1C. The van der Waals surface area contributed by atoms with Gasteiger partial charge in [0.2, 0.25) is 11.8 Å². The highest BCUT2D eigenvalue weighted by Gasteiger charge is 2.25. The van der Waals surface area contributed by atoms with E-state index >= 15 is 0 Å². The van der Waals surface area contributed by atoms with Crippen LogP contribution in [0.25, 0.3) is 0 Å². The van der Waals surface area contributed by atoms with Crippen molar-refractivity contribution < 1.29 is 14.0 Å². The first-order chi connectivity index (χ1) is 14.0. The van der Waals surface area contributed by atoms with Gasteiger partial charge in [0.15, 0.2) is 5.13 Å². The number of anilines is 1. The molecule has 2 aliphatic heterocycles. The predicted octanol–water partition coefficient (Wildman–Crippen LogP) is 1.55. The van der Waals surface area contributed by atoms with E-state index in [1.165, 1.54) is 11.3 Å². The fourth-order valence-electron chi connectivity index (χ4n) is 3.53. The zero-order valence-electron chi connectivity index (χ0n) is 16.8. The standard InChI is InChI=1S/C19H26N6O3S/c1-13-14(2)28-16(21-13)11-23-6-8-24(9-7-23)17(26)10-15-12-29-19(22-15)25-5-3-4-20-18(25)27/h12H,3-11H2,1-2H3,(H,20,27). The summed E-state index contributed by atoms with van der Waals surface area (Å²) in [6.07, 6.45) is 1.17. The summed E-state index contributed by atoms with van der Waals surface area (Å²) >= 11 is 1.41. The third kappa shape index (κ3) is 4.59. The van der Waals surface area contributed by atoms with Crippen LogP contribution in [0.15, 0.2) is 9.80 Å². The van der Waals surface area contributed by atoms with Crippen molar-refractivity contribution in [2.24, 2.45) is 0 Å². The number of thiazole rings is 1. The molecule has 4 rings (SSSR count). The number of urea groups is 1. The largest absolute Gasteiger partial charge is 0.444 e. The molecule has 2 aromatic heterocycles. The number of carbonyl (C=O) groups is 2. The molecule has 156 valence electrons. The van der Waals surface area contributed by atoms with Gasteiger partial charge in [0, 0.05) is 44.6 Å². The first-order valence-corrected chi connectivity index (χ1v) is 10.8. The highest BCUT2D eigenvalue weighted by molar-refractivity contribution is 7.14. The van der Waals surface area contributed by atoms with Crippen LogP contribution < -0.4 is 10.2 Å². The van der Waals surface area contributed by atoms with E-state index < -0.39 is 0 Å². The Balaban J connectivity index is 1.27. The minimum atomic E-state index is -0.115. The van der Waals surface area contributed by atoms with Crippen LogP contribution in [0.5, 0.6) is 0 Å². The maximum absolute atomic E-state index is 12.7. The number of nitrogens with zero attached hydrogens (tertiary/aromatic N) is 5. The van der Waals surface area contributed by atoms with Crippen LogP contribution in [0, 0.1) is 13.8 Å². The molecule has 2 aromatic rings. The van der Waals surface area contributed by atoms with E-state index in [4.69, 9.17) is 4.42 Å². The summed E-state index contributed by atoms with van der Waals surface area (Å²) in [6.45, 7) is 8.86. The summed E-state index contributed by atoms with van der Waals surface area (Å²) in [5, 5.41) is 5.35. The van der Waals surface area contributed by atoms with E-state index in [0.29, 0.717) is 37.9 Å². The number of hydrogen-bond acceptors (Lipinski definition) is 7. The molecule has 0 bridgehead atoms. The smallest absolute Gasteiger partial charge is 0.323 e. The van der Waals surface area contributed by atoms with Crippen molar-refractivity contribution >= 4 is 28.4 Å². The van der Waals surface area contributed by atoms with Crippen molar-refractivity contribution in [3.63, 3.8) is 0 Å². The minimum Gasteiger partial charge on any atom is -0.444 e. The van der Waals surface area contributed by atoms with Gasteiger partial charge in [-0.1, -0.05) is 0 Å². The average molecular weight is 419 g/mol. The quantitative estimate of drug-likeness (QED) is 0.792. The van der Waals surface area contributed by atoms with Crippen molar-refractivity contribution in [3.8, 4) is 0 Å². The van der Waals surface area contributed by atoms with E-state index in [2.05, 4.69) is 20.2 Å². The van der Waals surface area contributed by atoms with Gasteiger partial charge in [0.25, 0.3) is 0 Å². The summed E-state index contributed by atoms with van der Waals surface area (Å²) in [5.41, 5.74) is 1.65. The Bertz CT molecular complexity index is 867. The lowest BCUT2D eigenvalue weighted by Crippen LogP contribution is -2.48. The number of rotatable bonds is 5. The van der Waals surface area contributed by atoms with E-state index in [-0.39, 0.29) is 18.4 Å². The minimum absolute atomic E-state index is 0.0763. The van der Waals surface area contributed by atoms with Crippen LogP contribution in [-0.4, -0.2) is 71.0 Å². The van der Waals surface area contributed by atoms with Crippen LogP contribution >= 0.6 is 11.3 Å². The zero-order valence-corrected chi connectivity index (χ0v) is 17.6. The molecular weight excluding hydrogens is 392 g/mol. The molecule has 2 fully saturated rings. The Labute approximate surface area is 173 Å². The maximum Gasteiger partial charge on any atom is 0.323 e. The van der Waals surface area contributed by atoms with Gasteiger partial charge >= 0.3 is 6.03 Å². The first kappa shape index (κ1) is 19.8. The van der Waals surface area contributed by atoms with Gasteiger partial charge in [-0.15, -0.1) is 11.3 Å². The van der Waals surface area contributed by atoms with Crippen LogP contribution in [0.2, 0.25) is 0 Å². The summed E-state index contributed by atoms with van der Waals surface area (Å²) < 4.78 is 5.66. The third-order valence-electron chi connectivity index (χ3n) is 5.34. The van der Waals surface area contributed by atoms with Crippen molar-refractivity contribution in [2.45, 2.75) is 33.2 Å². The monoisotopic (exact) mass is 418 g/mol. The molecule has 0 radical (unpaired) electrons. The van der Waals surface area contributed by atoms with Crippen molar-refractivity contribution in [3.05, 3.63) is 28.4 Å². The molecule has 0 spiro atoms. The maximum atomic E-state index is 12.7. The molecule has 3 amide bonds. The van der Waals surface area contributed by atoms with Gasteiger partial charge in [0.1, 0.15) is 5.76 Å². The summed E-state index contributed by atoms with van der Waals surface area (Å²) in [7, 11) is 0. The second kappa shape index (κ2) is 8.50. The number of piperazine rings is 1. The molecule has 0 aliphatic carbocycles. The Morgan fingerprint density at radius 1 is 1.21 bits per heavy atom. The Kier molecular flexibility index (Phi) is 5.81. The second-order valence-electron chi connectivity index (χ2n) is 7.44. The van der Waals surface area contributed by atoms with Gasteiger partial charge in [0.05, 0.1) is 24.4 Å². The topological polar surface area (TPSA) is 94.8 Å². The molecule has 0 unspecified atom stereocenters. The van der Waals surface area contributed by atoms with Gasteiger partial charge in [-0.2, -0.15) is 0 Å². The Morgan fingerprint density at radius 3 is 2.69 bits per heavy atom. The fourth-order valence-corrected chi connectivity index (χ4v) is 4.38. The van der Waals surface area contributed by atoms with Gasteiger partial charge in [-0.3, -0.25) is 14.6 Å². The van der Waals surface area contributed by atoms with Gasteiger partial charge < -0.3 is 14.6 Å². The number of hydrogen-bond donors (Lipinski definition) is 1. The lowest BCUT2D eigenvalue weighted by molar-refractivity contribution is -0.132. The molecule has 2 aliphatic rings. The van der Waals surface area contributed by atoms with Crippen LogP contribution in [0.4, 0.5) is 9.93 Å². The molecule has 9 nitrogen and oxygen atoms in total.